The summed E-state index contributed by atoms with van der Waals surface area (Å²) < 4.78 is 10.5. The SMILES string of the molecule is Cc1nc(NC(=O)c2ccc3c(c2)OCO3)nc2c1C(=O)CC(C)(C)C2. The van der Waals surface area contributed by atoms with Crippen molar-refractivity contribution in [3.63, 3.8) is 0 Å². The Labute approximate surface area is 150 Å². The molecule has 26 heavy (non-hydrogen) atoms. The lowest BCUT2D eigenvalue weighted by Crippen LogP contribution is -2.30. The molecule has 0 atom stereocenters. The first-order valence-corrected chi connectivity index (χ1v) is 8.44. The number of Topliss-reactive ketones (excluding diaryl/α,β-unsaturated/α-hetero) is 1. The van der Waals surface area contributed by atoms with Crippen LogP contribution < -0.4 is 14.8 Å². The molecule has 0 saturated carbocycles. The van der Waals surface area contributed by atoms with E-state index in [1.807, 2.05) is 13.8 Å². The highest BCUT2D eigenvalue weighted by Gasteiger charge is 2.34. The van der Waals surface area contributed by atoms with Gasteiger partial charge in [0.25, 0.3) is 5.91 Å². The molecule has 1 aliphatic carbocycles. The van der Waals surface area contributed by atoms with E-state index in [-0.39, 0.29) is 29.8 Å². The van der Waals surface area contributed by atoms with Gasteiger partial charge in [-0.1, -0.05) is 13.8 Å². The molecule has 4 rings (SSSR count). The average Bonchev–Trinajstić information content (AvgIpc) is 3.00. The molecule has 0 fully saturated rings. The van der Waals surface area contributed by atoms with Crippen molar-refractivity contribution < 1.29 is 19.1 Å². The molecule has 2 aliphatic rings. The van der Waals surface area contributed by atoms with E-state index in [4.69, 9.17) is 9.47 Å². The molecule has 2 aromatic rings. The fraction of sp³-hybridized carbons (Fsp3) is 0.368. The van der Waals surface area contributed by atoms with Gasteiger partial charge in [0.05, 0.1) is 17.0 Å². The summed E-state index contributed by atoms with van der Waals surface area (Å²) in [5.74, 6) is 1.07. The van der Waals surface area contributed by atoms with Crippen LogP contribution in [-0.2, 0) is 6.42 Å². The van der Waals surface area contributed by atoms with Crippen molar-refractivity contribution in [2.24, 2.45) is 5.41 Å². The minimum absolute atomic E-state index is 0.0578. The predicted molar refractivity (Wildman–Crippen MR) is 93.7 cm³/mol. The van der Waals surface area contributed by atoms with Crippen LogP contribution in [-0.4, -0.2) is 28.5 Å². The number of amides is 1. The van der Waals surface area contributed by atoms with Crippen LogP contribution >= 0.6 is 0 Å². The molecule has 7 heteroatoms. The largest absolute Gasteiger partial charge is 0.454 e. The molecule has 1 aliphatic heterocycles. The van der Waals surface area contributed by atoms with E-state index in [1.54, 1.807) is 25.1 Å². The van der Waals surface area contributed by atoms with Crippen molar-refractivity contribution in [2.75, 3.05) is 12.1 Å². The number of carbonyl (C=O) groups excluding carboxylic acids is 2. The molecule has 0 unspecified atom stereocenters. The molecular formula is C19H19N3O4. The van der Waals surface area contributed by atoms with Crippen molar-refractivity contribution in [1.82, 2.24) is 9.97 Å². The van der Waals surface area contributed by atoms with Gasteiger partial charge in [0.2, 0.25) is 12.7 Å². The Bertz CT molecular complexity index is 937. The van der Waals surface area contributed by atoms with Crippen LogP contribution in [0.15, 0.2) is 18.2 Å². The van der Waals surface area contributed by atoms with Crippen molar-refractivity contribution in [3.05, 3.63) is 40.7 Å². The summed E-state index contributed by atoms with van der Waals surface area (Å²) in [6.07, 6.45) is 1.15. The molecule has 1 amide bonds. The maximum Gasteiger partial charge on any atom is 0.258 e. The number of fused-ring (bicyclic) bond motifs is 2. The molecule has 2 heterocycles. The van der Waals surface area contributed by atoms with Crippen LogP contribution in [0.25, 0.3) is 0 Å². The number of ether oxygens (including phenoxy) is 2. The zero-order valence-electron chi connectivity index (χ0n) is 14.9. The molecule has 0 bridgehead atoms. The second-order valence-electron chi connectivity index (χ2n) is 7.42. The van der Waals surface area contributed by atoms with Crippen molar-refractivity contribution in [3.8, 4) is 11.5 Å². The van der Waals surface area contributed by atoms with Crippen LogP contribution in [0.1, 0.15) is 52.4 Å². The molecule has 0 spiro atoms. The fourth-order valence-corrected chi connectivity index (χ4v) is 3.43. The average molecular weight is 353 g/mol. The van der Waals surface area contributed by atoms with Gasteiger partial charge in [-0.3, -0.25) is 14.9 Å². The monoisotopic (exact) mass is 353 g/mol. The Morgan fingerprint density at radius 3 is 2.73 bits per heavy atom. The Kier molecular flexibility index (Phi) is 3.68. The number of nitrogens with zero attached hydrogens (tertiary/aromatic N) is 2. The molecule has 1 aromatic carbocycles. The zero-order chi connectivity index (χ0) is 18.5. The van der Waals surface area contributed by atoms with E-state index < -0.39 is 0 Å². The number of hydrogen-bond acceptors (Lipinski definition) is 6. The van der Waals surface area contributed by atoms with Crippen molar-refractivity contribution in [1.29, 1.82) is 0 Å². The van der Waals surface area contributed by atoms with E-state index in [0.29, 0.717) is 46.9 Å². The maximum absolute atomic E-state index is 12.5. The van der Waals surface area contributed by atoms with E-state index in [2.05, 4.69) is 15.3 Å². The highest BCUT2D eigenvalue weighted by atomic mass is 16.7. The first-order chi connectivity index (χ1) is 12.3. The van der Waals surface area contributed by atoms with Gasteiger partial charge in [-0.15, -0.1) is 0 Å². The van der Waals surface area contributed by atoms with E-state index >= 15 is 0 Å². The number of aromatic nitrogens is 2. The van der Waals surface area contributed by atoms with Gasteiger partial charge in [0, 0.05) is 12.0 Å². The lowest BCUT2D eigenvalue weighted by molar-refractivity contribution is 0.0908. The highest BCUT2D eigenvalue weighted by Crippen LogP contribution is 2.35. The van der Waals surface area contributed by atoms with Gasteiger partial charge >= 0.3 is 0 Å². The van der Waals surface area contributed by atoms with Gasteiger partial charge in [0.15, 0.2) is 17.3 Å². The van der Waals surface area contributed by atoms with Crippen LogP contribution in [0, 0.1) is 12.3 Å². The van der Waals surface area contributed by atoms with Crippen molar-refractivity contribution >= 4 is 17.6 Å². The van der Waals surface area contributed by atoms with Gasteiger partial charge in [-0.2, -0.15) is 0 Å². The predicted octanol–water partition coefficient (Wildman–Crippen LogP) is 2.92. The van der Waals surface area contributed by atoms with Crippen LogP contribution in [0.4, 0.5) is 5.95 Å². The van der Waals surface area contributed by atoms with Crippen LogP contribution in [0.2, 0.25) is 0 Å². The second-order valence-corrected chi connectivity index (χ2v) is 7.42. The molecular weight excluding hydrogens is 334 g/mol. The van der Waals surface area contributed by atoms with Gasteiger partial charge in [0.1, 0.15) is 0 Å². The normalized spacial score (nSPS) is 17.0. The summed E-state index contributed by atoms with van der Waals surface area (Å²) in [4.78, 5) is 33.7. The summed E-state index contributed by atoms with van der Waals surface area (Å²) in [6.45, 7) is 6.00. The Balaban J connectivity index is 1.62. The third-order valence-corrected chi connectivity index (χ3v) is 4.59. The van der Waals surface area contributed by atoms with Crippen LogP contribution in [0.3, 0.4) is 0 Å². The molecule has 0 radical (unpaired) electrons. The number of nitrogens with one attached hydrogen (secondary N) is 1. The fourth-order valence-electron chi connectivity index (χ4n) is 3.43. The molecule has 134 valence electrons. The number of benzene rings is 1. The standard InChI is InChI=1S/C19H19N3O4/c1-10-16-12(7-19(2,3)8-13(16)23)21-18(20-10)22-17(24)11-4-5-14-15(6-11)26-9-25-14/h4-6H,7-9H2,1-3H3,(H,20,21,22,24). The first kappa shape index (κ1) is 16.5. The number of ketones is 1. The minimum Gasteiger partial charge on any atom is -0.454 e. The van der Waals surface area contributed by atoms with E-state index in [1.165, 1.54) is 0 Å². The highest BCUT2D eigenvalue weighted by molar-refractivity contribution is 6.04. The third-order valence-electron chi connectivity index (χ3n) is 4.59. The van der Waals surface area contributed by atoms with Crippen LogP contribution in [0.5, 0.6) is 11.5 Å². The molecule has 0 saturated heterocycles. The number of aryl methyl sites for hydroxylation is 1. The molecule has 1 N–H and O–H groups in total. The topological polar surface area (TPSA) is 90.4 Å². The van der Waals surface area contributed by atoms with Gasteiger partial charge < -0.3 is 9.47 Å². The lowest BCUT2D eigenvalue weighted by Gasteiger charge is -2.30. The molecule has 1 aromatic heterocycles. The first-order valence-electron chi connectivity index (χ1n) is 8.44. The minimum atomic E-state index is -0.343. The van der Waals surface area contributed by atoms with E-state index in [9.17, 15) is 9.59 Å². The Morgan fingerprint density at radius 2 is 1.92 bits per heavy atom. The smallest absolute Gasteiger partial charge is 0.258 e. The maximum atomic E-state index is 12.5. The zero-order valence-corrected chi connectivity index (χ0v) is 14.9. The quantitative estimate of drug-likeness (QED) is 0.893. The third kappa shape index (κ3) is 2.89. The summed E-state index contributed by atoms with van der Waals surface area (Å²) in [7, 11) is 0. The summed E-state index contributed by atoms with van der Waals surface area (Å²) >= 11 is 0. The number of carbonyl (C=O) groups is 2. The van der Waals surface area contributed by atoms with Crippen molar-refractivity contribution in [2.45, 2.75) is 33.6 Å². The van der Waals surface area contributed by atoms with Gasteiger partial charge in [-0.05, 0) is 37.0 Å². The van der Waals surface area contributed by atoms with E-state index in [0.717, 1.165) is 0 Å². The lowest BCUT2D eigenvalue weighted by atomic mass is 9.75. The van der Waals surface area contributed by atoms with Gasteiger partial charge in [-0.25, -0.2) is 9.97 Å². The number of hydrogen-bond donors (Lipinski definition) is 1. The number of anilines is 1. The summed E-state index contributed by atoms with van der Waals surface area (Å²) in [5.41, 5.74) is 2.15. The number of rotatable bonds is 2. The Morgan fingerprint density at radius 1 is 1.15 bits per heavy atom. The summed E-state index contributed by atoms with van der Waals surface area (Å²) in [6, 6.07) is 4.97. The summed E-state index contributed by atoms with van der Waals surface area (Å²) in [5, 5.41) is 2.71. The molecule has 7 nitrogen and oxygen atoms in total. The second kappa shape index (κ2) is 5.79. The Hall–Kier alpha value is -2.96.